The summed E-state index contributed by atoms with van der Waals surface area (Å²) in [4.78, 5) is 30.7. The Morgan fingerprint density at radius 1 is 1.03 bits per heavy atom. The average molecular weight is 448 g/mol. The molecular formula is C26H29N3O2S. The van der Waals surface area contributed by atoms with E-state index >= 15 is 0 Å². The Kier molecular flexibility index (Phi) is 7.43. The van der Waals surface area contributed by atoms with Crippen molar-refractivity contribution < 1.29 is 9.59 Å². The van der Waals surface area contributed by atoms with Crippen LogP contribution in [0.15, 0.2) is 59.6 Å². The highest BCUT2D eigenvalue weighted by Crippen LogP contribution is 2.28. The number of fused-ring (bicyclic) bond motifs is 1. The van der Waals surface area contributed by atoms with Crippen molar-refractivity contribution in [2.45, 2.75) is 43.9 Å². The summed E-state index contributed by atoms with van der Waals surface area (Å²) in [5.74, 6) is 0.736. The van der Waals surface area contributed by atoms with Gasteiger partial charge in [-0.15, -0.1) is 11.8 Å². The molecule has 2 amide bonds. The minimum absolute atomic E-state index is 0.0198. The van der Waals surface area contributed by atoms with Crippen molar-refractivity contribution in [1.29, 1.82) is 0 Å². The molecule has 1 aromatic heterocycles. The molecule has 0 bridgehead atoms. The predicted octanol–water partition coefficient (Wildman–Crippen LogP) is 5.58. The molecule has 1 heterocycles. The molecular weight excluding hydrogens is 418 g/mol. The number of pyridine rings is 1. The molecule has 0 atom stereocenters. The van der Waals surface area contributed by atoms with Crippen molar-refractivity contribution in [3.63, 3.8) is 0 Å². The number of carbonyl (C=O) groups excluding carboxylic acids is 2. The molecule has 3 aromatic rings. The quantitative estimate of drug-likeness (QED) is 0.464. The van der Waals surface area contributed by atoms with Gasteiger partial charge in [-0.1, -0.05) is 37.5 Å². The van der Waals surface area contributed by atoms with Crippen LogP contribution in [0.5, 0.6) is 0 Å². The molecule has 0 unspecified atom stereocenters. The fraction of sp³-hybridized carbons (Fsp3) is 0.346. The molecule has 32 heavy (non-hydrogen) atoms. The number of amides is 2. The van der Waals surface area contributed by atoms with Gasteiger partial charge in [0.05, 0.1) is 22.5 Å². The van der Waals surface area contributed by atoms with E-state index in [9.17, 15) is 9.59 Å². The molecule has 1 aliphatic rings. The van der Waals surface area contributed by atoms with Gasteiger partial charge in [0.1, 0.15) is 0 Å². The lowest BCUT2D eigenvalue weighted by molar-refractivity contribution is -0.118. The Balaban J connectivity index is 1.40. The van der Waals surface area contributed by atoms with Gasteiger partial charge in [0.15, 0.2) is 0 Å². The van der Waals surface area contributed by atoms with Gasteiger partial charge >= 0.3 is 0 Å². The zero-order chi connectivity index (χ0) is 22.3. The van der Waals surface area contributed by atoms with E-state index < -0.39 is 0 Å². The smallest absolute Gasteiger partial charge is 0.256 e. The van der Waals surface area contributed by atoms with Crippen LogP contribution in [0.25, 0.3) is 10.9 Å². The fourth-order valence-corrected chi connectivity index (χ4v) is 5.12. The predicted molar refractivity (Wildman–Crippen MR) is 131 cm³/mol. The van der Waals surface area contributed by atoms with Crippen LogP contribution >= 0.6 is 11.8 Å². The molecule has 1 fully saturated rings. The Morgan fingerprint density at radius 3 is 2.69 bits per heavy atom. The van der Waals surface area contributed by atoms with Crippen LogP contribution in [0.3, 0.4) is 0 Å². The minimum atomic E-state index is -0.190. The van der Waals surface area contributed by atoms with Gasteiger partial charge in [-0.05, 0) is 61.6 Å². The van der Waals surface area contributed by atoms with E-state index in [1.165, 1.54) is 43.9 Å². The molecule has 1 aliphatic carbocycles. The van der Waals surface area contributed by atoms with E-state index in [2.05, 4.69) is 15.6 Å². The topological polar surface area (TPSA) is 71.1 Å². The highest BCUT2D eigenvalue weighted by atomic mass is 32.2. The van der Waals surface area contributed by atoms with Gasteiger partial charge in [-0.25, -0.2) is 0 Å². The molecule has 0 aliphatic heterocycles. The first-order chi connectivity index (χ1) is 15.6. The number of nitrogens with one attached hydrogen (secondary N) is 2. The van der Waals surface area contributed by atoms with Crippen LogP contribution in [0, 0.1) is 12.8 Å². The van der Waals surface area contributed by atoms with Gasteiger partial charge in [-0.3, -0.25) is 14.6 Å². The maximum atomic E-state index is 13.1. The van der Waals surface area contributed by atoms with Crippen LogP contribution in [0.2, 0.25) is 0 Å². The van der Waals surface area contributed by atoms with E-state index in [1.54, 1.807) is 12.3 Å². The zero-order valence-corrected chi connectivity index (χ0v) is 19.2. The molecule has 166 valence electrons. The average Bonchev–Trinajstić information content (AvgIpc) is 2.84. The lowest BCUT2D eigenvalue weighted by Crippen LogP contribution is -2.31. The van der Waals surface area contributed by atoms with E-state index in [0.717, 1.165) is 33.6 Å². The van der Waals surface area contributed by atoms with Crippen molar-refractivity contribution in [2.24, 2.45) is 5.92 Å². The lowest BCUT2D eigenvalue weighted by atomic mass is 9.89. The number of aryl methyl sites for hydroxylation is 1. The third kappa shape index (κ3) is 5.49. The summed E-state index contributed by atoms with van der Waals surface area (Å²) in [7, 11) is 0. The number of benzene rings is 2. The lowest BCUT2D eigenvalue weighted by Gasteiger charge is -2.21. The SMILES string of the molecule is Cc1ccc(NC(=O)c2ccccc2SCC(=O)NCC2CCCCC2)c2cccnc12. The van der Waals surface area contributed by atoms with E-state index in [0.29, 0.717) is 17.2 Å². The molecule has 1 saturated carbocycles. The molecule has 0 saturated heterocycles. The number of thioether (sulfide) groups is 1. The minimum Gasteiger partial charge on any atom is -0.355 e. The van der Waals surface area contributed by atoms with Gasteiger partial charge in [0.2, 0.25) is 5.91 Å². The first kappa shape index (κ1) is 22.3. The van der Waals surface area contributed by atoms with Crippen LogP contribution in [0.4, 0.5) is 5.69 Å². The van der Waals surface area contributed by atoms with Crippen molar-refractivity contribution in [2.75, 3.05) is 17.6 Å². The number of hydrogen-bond acceptors (Lipinski definition) is 4. The maximum Gasteiger partial charge on any atom is 0.256 e. The first-order valence-corrected chi connectivity index (χ1v) is 12.2. The van der Waals surface area contributed by atoms with E-state index in [1.807, 2.05) is 49.4 Å². The van der Waals surface area contributed by atoms with Gasteiger partial charge in [0, 0.05) is 23.0 Å². The van der Waals surface area contributed by atoms with Crippen LogP contribution in [-0.4, -0.2) is 29.1 Å². The molecule has 2 N–H and O–H groups in total. The molecule has 0 radical (unpaired) electrons. The summed E-state index contributed by atoms with van der Waals surface area (Å²) in [6.45, 7) is 2.77. The number of carbonyl (C=O) groups is 2. The summed E-state index contributed by atoms with van der Waals surface area (Å²) < 4.78 is 0. The monoisotopic (exact) mass is 447 g/mol. The van der Waals surface area contributed by atoms with Gasteiger partial charge < -0.3 is 10.6 Å². The molecule has 0 spiro atoms. The third-order valence-electron chi connectivity index (χ3n) is 6.02. The molecule has 6 heteroatoms. The highest BCUT2D eigenvalue weighted by Gasteiger charge is 2.17. The Bertz CT molecular complexity index is 1110. The highest BCUT2D eigenvalue weighted by molar-refractivity contribution is 8.00. The summed E-state index contributed by atoms with van der Waals surface area (Å²) >= 11 is 1.40. The number of nitrogens with zero attached hydrogens (tertiary/aromatic N) is 1. The van der Waals surface area contributed by atoms with Crippen LogP contribution in [-0.2, 0) is 4.79 Å². The van der Waals surface area contributed by atoms with E-state index in [-0.39, 0.29) is 11.8 Å². The van der Waals surface area contributed by atoms with Gasteiger partial charge in [-0.2, -0.15) is 0 Å². The summed E-state index contributed by atoms with van der Waals surface area (Å²) in [5, 5.41) is 7.01. The first-order valence-electron chi connectivity index (χ1n) is 11.3. The largest absolute Gasteiger partial charge is 0.355 e. The summed E-state index contributed by atoms with van der Waals surface area (Å²) in [5.41, 5.74) is 3.24. The second-order valence-corrected chi connectivity index (χ2v) is 9.39. The van der Waals surface area contributed by atoms with E-state index in [4.69, 9.17) is 0 Å². The second-order valence-electron chi connectivity index (χ2n) is 8.38. The summed E-state index contributed by atoms with van der Waals surface area (Å²) in [6.07, 6.45) is 8.02. The number of rotatable bonds is 7. The molecule has 2 aromatic carbocycles. The van der Waals surface area contributed by atoms with Crippen molar-refractivity contribution in [3.8, 4) is 0 Å². The standard InChI is InChI=1S/C26H29N3O2S/c1-18-13-14-22(20-11-7-15-27-25(18)20)29-26(31)21-10-5-6-12-23(21)32-17-24(30)28-16-19-8-3-2-4-9-19/h5-7,10-15,19H,2-4,8-9,16-17H2,1H3,(H,28,30)(H,29,31). The van der Waals surface area contributed by atoms with Crippen molar-refractivity contribution >= 4 is 40.2 Å². The summed E-state index contributed by atoms with van der Waals surface area (Å²) in [6, 6.07) is 15.1. The normalized spacial score (nSPS) is 14.3. The maximum absolute atomic E-state index is 13.1. The number of aromatic nitrogens is 1. The van der Waals surface area contributed by atoms with Crippen LogP contribution in [0.1, 0.15) is 48.0 Å². The van der Waals surface area contributed by atoms with Crippen molar-refractivity contribution in [3.05, 3.63) is 65.9 Å². The van der Waals surface area contributed by atoms with Gasteiger partial charge in [0.25, 0.3) is 5.91 Å². The van der Waals surface area contributed by atoms with Crippen LogP contribution < -0.4 is 10.6 Å². The number of anilines is 1. The molecule has 4 rings (SSSR count). The Hall–Kier alpha value is -2.86. The second kappa shape index (κ2) is 10.6. The fourth-order valence-electron chi connectivity index (χ4n) is 4.24. The number of hydrogen-bond donors (Lipinski definition) is 2. The van der Waals surface area contributed by atoms with Crippen molar-refractivity contribution in [1.82, 2.24) is 10.3 Å². The Labute approximate surface area is 193 Å². The third-order valence-corrected chi connectivity index (χ3v) is 7.10. The zero-order valence-electron chi connectivity index (χ0n) is 18.4. The molecule has 5 nitrogen and oxygen atoms in total. The Morgan fingerprint density at radius 2 is 1.84 bits per heavy atom.